The number of hydrogen-bond acceptors (Lipinski definition) is 4. The Morgan fingerprint density at radius 3 is 2.53 bits per heavy atom. The zero-order chi connectivity index (χ0) is 13.1. The number of carboxylic acids is 1. The average Bonchev–Trinajstić information content (AvgIpc) is 2.28. The zero-order valence-electron chi connectivity index (χ0n) is 10.2. The first-order chi connectivity index (χ1) is 7.90. The van der Waals surface area contributed by atoms with E-state index in [1.807, 2.05) is 0 Å². The van der Waals surface area contributed by atoms with Gasteiger partial charge in [-0.2, -0.15) is 0 Å². The molecule has 1 rings (SSSR count). The Balaban J connectivity index is 3.07. The Bertz CT molecular complexity index is 415. The van der Waals surface area contributed by atoms with Gasteiger partial charge in [-0.1, -0.05) is 0 Å². The van der Waals surface area contributed by atoms with Crippen molar-refractivity contribution >= 4 is 5.97 Å². The number of ether oxygens (including phenoxy) is 2. The number of carboxylic acid groups (broad SMARTS) is 1. The van der Waals surface area contributed by atoms with Crippen LogP contribution in [0.25, 0.3) is 0 Å². The molecule has 94 valence electrons. The molecule has 0 aliphatic rings. The van der Waals surface area contributed by atoms with Gasteiger partial charge in [0, 0.05) is 12.0 Å². The minimum atomic E-state index is -1.33. The first-order valence-corrected chi connectivity index (χ1v) is 5.14. The SMILES string of the molecule is COc1ccc(OC)c(CC(C)(N)C(=O)O)c1. The van der Waals surface area contributed by atoms with Crippen LogP contribution in [0.5, 0.6) is 11.5 Å². The van der Waals surface area contributed by atoms with Gasteiger partial charge in [0.05, 0.1) is 14.2 Å². The molecule has 0 fully saturated rings. The van der Waals surface area contributed by atoms with Gasteiger partial charge in [0.2, 0.25) is 0 Å². The van der Waals surface area contributed by atoms with Crippen molar-refractivity contribution in [3.63, 3.8) is 0 Å². The molecule has 5 nitrogen and oxygen atoms in total. The second-order valence-corrected chi connectivity index (χ2v) is 4.08. The molecular weight excluding hydrogens is 222 g/mol. The van der Waals surface area contributed by atoms with Crippen molar-refractivity contribution in [1.29, 1.82) is 0 Å². The van der Waals surface area contributed by atoms with Gasteiger partial charge < -0.3 is 20.3 Å². The molecule has 0 aromatic heterocycles. The number of benzene rings is 1. The van der Waals surface area contributed by atoms with Crippen LogP contribution >= 0.6 is 0 Å². The molecule has 1 aromatic carbocycles. The Morgan fingerprint density at radius 2 is 2.06 bits per heavy atom. The van der Waals surface area contributed by atoms with E-state index in [2.05, 4.69) is 0 Å². The number of methoxy groups -OCH3 is 2. The maximum atomic E-state index is 11.0. The van der Waals surface area contributed by atoms with Gasteiger partial charge in [-0.3, -0.25) is 4.79 Å². The fraction of sp³-hybridized carbons (Fsp3) is 0.417. The smallest absolute Gasteiger partial charge is 0.323 e. The molecule has 0 radical (unpaired) electrons. The molecule has 0 aliphatic heterocycles. The molecule has 0 heterocycles. The number of aliphatic carboxylic acids is 1. The van der Waals surface area contributed by atoms with Crippen LogP contribution in [-0.4, -0.2) is 30.8 Å². The van der Waals surface area contributed by atoms with Gasteiger partial charge in [-0.05, 0) is 25.1 Å². The molecule has 0 aliphatic carbocycles. The van der Waals surface area contributed by atoms with Crippen molar-refractivity contribution in [1.82, 2.24) is 0 Å². The second kappa shape index (κ2) is 5.05. The van der Waals surface area contributed by atoms with E-state index in [-0.39, 0.29) is 6.42 Å². The second-order valence-electron chi connectivity index (χ2n) is 4.08. The van der Waals surface area contributed by atoms with Crippen molar-refractivity contribution in [2.24, 2.45) is 5.73 Å². The standard InChI is InChI=1S/C12H17NO4/c1-12(13,11(14)15)7-8-6-9(16-2)4-5-10(8)17-3/h4-6H,7,13H2,1-3H3,(H,14,15). The van der Waals surface area contributed by atoms with E-state index in [0.717, 1.165) is 0 Å². The highest BCUT2D eigenvalue weighted by Gasteiger charge is 2.29. The van der Waals surface area contributed by atoms with Crippen molar-refractivity contribution in [2.45, 2.75) is 18.9 Å². The van der Waals surface area contributed by atoms with E-state index in [9.17, 15) is 4.79 Å². The molecular formula is C12H17NO4. The molecule has 17 heavy (non-hydrogen) atoms. The van der Waals surface area contributed by atoms with Gasteiger partial charge in [0.1, 0.15) is 17.0 Å². The Hall–Kier alpha value is -1.75. The van der Waals surface area contributed by atoms with Crippen LogP contribution in [0, 0.1) is 0 Å². The Labute approximate surface area is 100 Å². The lowest BCUT2D eigenvalue weighted by Gasteiger charge is -2.20. The number of carbonyl (C=O) groups is 1. The molecule has 0 amide bonds. The first-order valence-electron chi connectivity index (χ1n) is 5.14. The monoisotopic (exact) mass is 239 g/mol. The van der Waals surface area contributed by atoms with E-state index in [0.29, 0.717) is 17.1 Å². The van der Waals surface area contributed by atoms with Crippen LogP contribution in [-0.2, 0) is 11.2 Å². The zero-order valence-corrected chi connectivity index (χ0v) is 10.2. The third kappa shape index (κ3) is 3.10. The normalized spacial score (nSPS) is 13.9. The minimum Gasteiger partial charge on any atom is -0.497 e. The number of rotatable bonds is 5. The lowest BCUT2D eigenvalue weighted by molar-refractivity contribution is -0.142. The van der Waals surface area contributed by atoms with Crippen molar-refractivity contribution in [2.75, 3.05) is 14.2 Å². The highest BCUT2D eigenvalue weighted by molar-refractivity contribution is 5.78. The van der Waals surface area contributed by atoms with Gasteiger partial charge in [0.25, 0.3) is 0 Å². The number of hydrogen-bond donors (Lipinski definition) is 2. The third-order valence-corrected chi connectivity index (χ3v) is 2.53. The fourth-order valence-electron chi connectivity index (χ4n) is 1.49. The summed E-state index contributed by atoms with van der Waals surface area (Å²) in [7, 11) is 3.07. The summed E-state index contributed by atoms with van der Waals surface area (Å²) in [5.41, 5.74) is 5.08. The molecule has 3 N–H and O–H groups in total. The predicted molar refractivity (Wildman–Crippen MR) is 63.5 cm³/mol. The molecule has 1 unspecified atom stereocenters. The van der Waals surface area contributed by atoms with Crippen LogP contribution in [0.1, 0.15) is 12.5 Å². The van der Waals surface area contributed by atoms with Crippen LogP contribution in [0.2, 0.25) is 0 Å². The molecule has 0 saturated heterocycles. The van der Waals surface area contributed by atoms with Crippen LogP contribution in [0.3, 0.4) is 0 Å². The topological polar surface area (TPSA) is 81.8 Å². The van der Waals surface area contributed by atoms with Gasteiger partial charge >= 0.3 is 5.97 Å². The molecule has 0 saturated carbocycles. The highest BCUT2D eigenvalue weighted by atomic mass is 16.5. The molecule has 5 heteroatoms. The lowest BCUT2D eigenvalue weighted by Crippen LogP contribution is -2.46. The number of nitrogens with two attached hydrogens (primary N) is 1. The van der Waals surface area contributed by atoms with Crippen molar-refractivity contribution in [3.05, 3.63) is 23.8 Å². The predicted octanol–water partition coefficient (Wildman–Crippen LogP) is 1.05. The molecule has 0 spiro atoms. The summed E-state index contributed by atoms with van der Waals surface area (Å²) < 4.78 is 10.3. The first kappa shape index (κ1) is 13.3. The van der Waals surface area contributed by atoms with Crippen molar-refractivity contribution in [3.8, 4) is 11.5 Å². The maximum Gasteiger partial charge on any atom is 0.323 e. The molecule has 0 bridgehead atoms. The summed E-state index contributed by atoms with van der Waals surface area (Å²) in [4.78, 5) is 11.0. The van der Waals surface area contributed by atoms with Gasteiger partial charge in [-0.15, -0.1) is 0 Å². The summed E-state index contributed by atoms with van der Waals surface area (Å²) in [6, 6.07) is 5.20. The molecule has 1 atom stereocenters. The quantitative estimate of drug-likeness (QED) is 0.802. The van der Waals surface area contributed by atoms with Crippen LogP contribution in [0.4, 0.5) is 0 Å². The van der Waals surface area contributed by atoms with Crippen LogP contribution in [0.15, 0.2) is 18.2 Å². The summed E-state index contributed by atoms with van der Waals surface area (Å²) >= 11 is 0. The summed E-state index contributed by atoms with van der Waals surface area (Å²) in [5, 5.41) is 9.00. The fourth-order valence-corrected chi connectivity index (χ4v) is 1.49. The van der Waals surface area contributed by atoms with E-state index in [1.54, 1.807) is 25.3 Å². The highest BCUT2D eigenvalue weighted by Crippen LogP contribution is 2.26. The van der Waals surface area contributed by atoms with E-state index in [1.165, 1.54) is 14.0 Å². The molecule has 1 aromatic rings. The minimum absolute atomic E-state index is 0.169. The maximum absolute atomic E-state index is 11.0. The van der Waals surface area contributed by atoms with E-state index in [4.69, 9.17) is 20.3 Å². The largest absolute Gasteiger partial charge is 0.497 e. The summed E-state index contributed by atoms with van der Waals surface area (Å²) in [6.45, 7) is 1.47. The average molecular weight is 239 g/mol. The van der Waals surface area contributed by atoms with Crippen LogP contribution < -0.4 is 15.2 Å². The lowest BCUT2D eigenvalue weighted by atomic mass is 9.93. The third-order valence-electron chi connectivity index (χ3n) is 2.53. The van der Waals surface area contributed by atoms with E-state index < -0.39 is 11.5 Å². The van der Waals surface area contributed by atoms with Crippen molar-refractivity contribution < 1.29 is 19.4 Å². The van der Waals surface area contributed by atoms with E-state index >= 15 is 0 Å². The van der Waals surface area contributed by atoms with Gasteiger partial charge in [0.15, 0.2) is 0 Å². The van der Waals surface area contributed by atoms with Gasteiger partial charge in [-0.25, -0.2) is 0 Å². The summed E-state index contributed by atoms with van der Waals surface area (Å²) in [6.07, 6.45) is 0.169. The Morgan fingerprint density at radius 1 is 1.41 bits per heavy atom. The summed E-state index contributed by atoms with van der Waals surface area (Å²) in [5.74, 6) is 0.188. The Kier molecular flexibility index (Phi) is 3.96.